The topological polar surface area (TPSA) is 64.3 Å². The van der Waals surface area contributed by atoms with Crippen LogP contribution in [-0.2, 0) is 9.53 Å². The molecule has 1 aliphatic rings. The van der Waals surface area contributed by atoms with Gasteiger partial charge < -0.3 is 15.8 Å². The van der Waals surface area contributed by atoms with Crippen LogP contribution in [0.3, 0.4) is 0 Å². The molecule has 0 bridgehead atoms. The van der Waals surface area contributed by atoms with Crippen LogP contribution in [0.15, 0.2) is 0 Å². The maximum absolute atomic E-state index is 12.8. The van der Waals surface area contributed by atoms with Gasteiger partial charge in [-0.15, -0.1) is 0 Å². The summed E-state index contributed by atoms with van der Waals surface area (Å²) < 4.78 is 5.40. The highest BCUT2D eigenvalue weighted by Crippen LogP contribution is 2.33. The first-order valence-electron chi connectivity index (χ1n) is 8.06. The lowest BCUT2D eigenvalue weighted by Crippen LogP contribution is -2.51. The minimum atomic E-state index is -0.680. The molecule has 122 valence electrons. The molecule has 4 nitrogen and oxygen atoms in total. The van der Waals surface area contributed by atoms with E-state index in [2.05, 4.69) is 26.1 Å². The molecular weight excluding hydrogens is 284 g/mol. The highest BCUT2D eigenvalue weighted by Gasteiger charge is 2.40. The second kappa shape index (κ2) is 8.08. The van der Waals surface area contributed by atoms with Gasteiger partial charge in [0.1, 0.15) is 0 Å². The number of hydrogen-bond acceptors (Lipinski definition) is 3. The molecule has 0 aromatic carbocycles. The molecular formula is C16H30N2O2S. The molecule has 5 heteroatoms. The van der Waals surface area contributed by atoms with E-state index in [4.69, 9.17) is 22.7 Å². The van der Waals surface area contributed by atoms with Crippen molar-refractivity contribution in [1.29, 1.82) is 0 Å². The number of thiocarbonyl (C=S) groups is 1. The van der Waals surface area contributed by atoms with Crippen molar-refractivity contribution in [2.24, 2.45) is 16.6 Å². The summed E-state index contributed by atoms with van der Waals surface area (Å²) in [4.78, 5) is 13.1. The van der Waals surface area contributed by atoms with Crippen LogP contribution in [0.25, 0.3) is 0 Å². The molecule has 1 heterocycles. The van der Waals surface area contributed by atoms with Gasteiger partial charge in [0, 0.05) is 19.8 Å². The molecule has 1 saturated heterocycles. The Labute approximate surface area is 134 Å². The Balaban J connectivity index is 2.73. The molecule has 1 aliphatic heterocycles. The largest absolute Gasteiger partial charge is 0.392 e. The average Bonchev–Trinajstić information content (AvgIpc) is 2.45. The van der Waals surface area contributed by atoms with Gasteiger partial charge >= 0.3 is 0 Å². The molecule has 0 aliphatic carbocycles. The normalized spacial score (nSPS) is 18.2. The molecule has 21 heavy (non-hydrogen) atoms. The van der Waals surface area contributed by atoms with Gasteiger partial charge in [-0.3, -0.25) is 4.79 Å². The summed E-state index contributed by atoms with van der Waals surface area (Å²) in [6.07, 6.45) is 5.21. The van der Waals surface area contributed by atoms with Crippen LogP contribution < -0.4 is 11.1 Å². The zero-order valence-electron chi connectivity index (χ0n) is 13.7. The van der Waals surface area contributed by atoms with Crippen LogP contribution in [0.2, 0.25) is 0 Å². The Kier molecular flexibility index (Phi) is 7.07. The first kappa shape index (κ1) is 18.4. The van der Waals surface area contributed by atoms with Crippen molar-refractivity contribution in [2.45, 2.75) is 59.3 Å². The van der Waals surface area contributed by atoms with Crippen LogP contribution >= 0.6 is 12.2 Å². The van der Waals surface area contributed by atoms with Crippen molar-refractivity contribution < 1.29 is 9.53 Å². The van der Waals surface area contributed by atoms with Gasteiger partial charge in [0.05, 0.1) is 10.4 Å². The minimum absolute atomic E-state index is 0.00594. The highest BCUT2D eigenvalue weighted by atomic mass is 32.1. The fourth-order valence-electron chi connectivity index (χ4n) is 3.07. The van der Waals surface area contributed by atoms with E-state index in [1.807, 2.05) is 0 Å². The molecule has 0 unspecified atom stereocenters. The van der Waals surface area contributed by atoms with E-state index in [0.717, 1.165) is 51.7 Å². The van der Waals surface area contributed by atoms with E-state index in [1.165, 1.54) is 0 Å². The Morgan fingerprint density at radius 1 is 1.29 bits per heavy atom. The third kappa shape index (κ3) is 4.65. The van der Waals surface area contributed by atoms with Gasteiger partial charge in [-0.25, -0.2) is 0 Å². The molecule has 0 radical (unpaired) electrons. The second-order valence-corrected chi connectivity index (χ2v) is 6.99. The first-order valence-corrected chi connectivity index (χ1v) is 8.47. The van der Waals surface area contributed by atoms with Gasteiger partial charge in [0.25, 0.3) is 0 Å². The van der Waals surface area contributed by atoms with Crippen LogP contribution in [0.1, 0.15) is 59.3 Å². The molecule has 0 aromatic rings. The van der Waals surface area contributed by atoms with Crippen molar-refractivity contribution in [3.05, 3.63) is 0 Å². The van der Waals surface area contributed by atoms with Crippen molar-refractivity contribution in [2.75, 3.05) is 19.8 Å². The Bertz CT molecular complexity index is 359. The lowest BCUT2D eigenvalue weighted by molar-refractivity contribution is -0.129. The molecule has 0 spiro atoms. The maximum Gasteiger partial charge on any atom is 0.233 e. The standard InChI is InChI=1S/C16H30N2O2S/c1-4-6-16(7-5-2,13(17)21)14(19)18-12-15(3)8-10-20-11-9-15/h4-12H2,1-3H3,(H2,17,21)(H,18,19). The number of ether oxygens (including phenoxy) is 1. The SMILES string of the molecule is CCCC(CCC)(C(=O)NCC1(C)CCOCC1)C(N)=S. The van der Waals surface area contributed by atoms with Crippen molar-refractivity contribution in [1.82, 2.24) is 5.32 Å². The maximum atomic E-state index is 12.8. The summed E-state index contributed by atoms with van der Waals surface area (Å²) in [6, 6.07) is 0. The fourth-order valence-corrected chi connectivity index (χ4v) is 3.36. The monoisotopic (exact) mass is 314 g/mol. The third-order valence-electron chi connectivity index (χ3n) is 4.64. The predicted octanol–water partition coefficient (Wildman–Crippen LogP) is 2.79. The summed E-state index contributed by atoms with van der Waals surface area (Å²) in [5.74, 6) is 0.00594. The van der Waals surface area contributed by atoms with Gasteiger partial charge in [-0.2, -0.15) is 0 Å². The van der Waals surface area contributed by atoms with E-state index in [-0.39, 0.29) is 11.3 Å². The zero-order valence-corrected chi connectivity index (χ0v) is 14.5. The molecule has 3 N–H and O–H groups in total. The summed E-state index contributed by atoms with van der Waals surface area (Å²) in [7, 11) is 0. The van der Waals surface area contributed by atoms with E-state index in [9.17, 15) is 4.79 Å². The van der Waals surface area contributed by atoms with Gasteiger partial charge in [0.2, 0.25) is 5.91 Å². The Hall–Kier alpha value is -0.680. The van der Waals surface area contributed by atoms with E-state index >= 15 is 0 Å². The zero-order chi connectivity index (χ0) is 15.9. The van der Waals surface area contributed by atoms with E-state index < -0.39 is 5.41 Å². The quantitative estimate of drug-likeness (QED) is 0.676. The van der Waals surface area contributed by atoms with Crippen molar-refractivity contribution >= 4 is 23.1 Å². The number of amides is 1. The van der Waals surface area contributed by atoms with Crippen LogP contribution in [0.5, 0.6) is 0 Å². The number of nitrogens with two attached hydrogens (primary N) is 1. The predicted molar refractivity (Wildman–Crippen MR) is 90.2 cm³/mol. The minimum Gasteiger partial charge on any atom is -0.392 e. The summed E-state index contributed by atoms with van der Waals surface area (Å²) in [6.45, 7) is 8.56. The Morgan fingerprint density at radius 3 is 2.24 bits per heavy atom. The lowest BCUT2D eigenvalue weighted by atomic mass is 9.77. The molecule has 1 amide bonds. The summed E-state index contributed by atoms with van der Waals surface area (Å²) in [5.41, 5.74) is 5.38. The van der Waals surface area contributed by atoms with E-state index in [0.29, 0.717) is 11.5 Å². The molecule has 1 rings (SSSR count). The number of carbonyl (C=O) groups excluding carboxylic acids is 1. The van der Waals surface area contributed by atoms with Crippen LogP contribution in [0.4, 0.5) is 0 Å². The van der Waals surface area contributed by atoms with Crippen LogP contribution in [-0.4, -0.2) is 30.7 Å². The summed E-state index contributed by atoms with van der Waals surface area (Å²) >= 11 is 5.23. The van der Waals surface area contributed by atoms with Crippen LogP contribution in [0, 0.1) is 10.8 Å². The smallest absolute Gasteiger partial charge is 0.233 e. The highest BCUT2D eigenvalue weighted by molar-refractivity contribution is 7.80. The lowest BCUT2D eigenvalue weighted by Gasteiger charge is -2.36. The number of carbonyl (C=O) groups is 1. The molecule has 0 atom stereocenters. The fraction of sp³-hybridized carbons (Fsp3) is 0.875. The van der Waals surface area contributed by atoms with Crippen molar-refractivity contribution in [3.63, 3.8) is 0 Å². The van der Waals surface area contributed by atoms with E-state index in [1.54, 1.807) is 0 Å². The van der Waals surface area contributed by atoms with Gasteiger partial charge in [-0.1, -0.05) is 45.8 Å². The average molecular weight is 314 g/mol. The first-order chi connectivity index (χ1) is 9.90. The molecule has 1 fully saturated rings. The Morgan fingerprint density at radius 2 is 1.81 bits per heavy atom. The summed E-state index contributed by atoms with van der Waals surface area (Å²) in [5, 5.41) is 3.12. The van der Waals surface area contributed by atoms with Crippen molar-refractivity contribution in [3.8, 4) is 0 Å². The third-order valence-corrected chi connectivity index (χ3v) is 5.03. The van der Waals surface area contributed by atoms with Gasteiger partial charge in [0.15, 0.2) is 0 Å². The second-order valence-electron chi connectivity index (χ2n) is 6.55. The number of nitrogens with one attached hydrogen (secondary N) is 1. The molecule has 0 saturated carbocycles. The number of rotatable bonds is 8. The number of hydrogen-bond donors (Lipinski definition) is 2. The molecule has 0 aromatic heterocycles. The van der Waals surface area contributed by atoms with Gasteiger partial charge in [-0.05, 0) is 31.1 Å².